The predicted molar refractivity (Wildman–Crippen MR) is 48.5 cm³/mol. The van der Waals surface area contributed by atoms with Crippen LogP contribution in [0.3, 0.4) is 0 Å². The normalized spacial score (nSPS) is 8.08. The Labute approximate surface area is 69.5 Å². The van der Waals surface area contributed by atoms with Crippen LogP contribution < -0.4 is 0 Å². The molecule has 0 atom stereocenters. The molecule has 0 amide bonds. The molecule has 0 unspecified atom stereocenters. The molecule has 1 rings (SSSR count). The molecule has 1 heterocycles. The van der Waals surface area contributed by atoms with Crippen LogP contribution in [-0.4, -0.2) is 4.98 Å². The molecule has 0 aromatic carbocycles. The molecule has 1 nitrogen and oxygen atoms in total. The first kappa shape index (κ1) is 12.8. The van der Waals surface area contributed by atoms with Crippen LogP contribution in [0.4, 0.5) is 0 Å². The van der Waals surface area contributed by atoms with Crippen molar-refractivity contribution in [2.24, 2.45) is 0 Å². The minimum atomic E-state index is 0. The van der Waals surface area contributed by atoms with Gasteiger partial charge in [0.05, 0.1) is 0 Å². The Balaban J connectivity index is 0. The molecule has 64 valence electrons. The first-order valence-electron chi connectivity index (χ1n) is 4.11. The van der Waals surface area contributed by atoms with Crippen molar-refractivity contribution in [3.8, 4) is 0 Å². The van der Waals surface area contributed by atoms with Crippen molar-refractivity contribution in [3.05, 3.63) is 30.1 Å². The molecule has 0 radical (unpaired) electrons. The number of hydrogen-bond donors (Lipinski definition) is 0. The number of nitrogens with zero attached hydrogens (tertiary/aromatic N) is 1. The Hall–Kier alpha value is -1.85. The van der Waals surface area contributed by atoms with E-state index < -0.39 is 0 Å². The first-order chi connectivity index (χ1) is 5.30. The van der Waals surface area contributed by atoms with E-state index in [1.165, 1.54) is 5.56 Å². The largest absolute Gasteiger partial charge is 0.304 e. The molecule has 0 N–H and O–H groups in total. The van der Waals surface area contributed by atoms with Gasteiger partial charge in [0.25, 0.3) is 0 Å². The summed E-state index contributed by atoms with van der Waals surface area (Å²) in [6.45, 7) is 8.29. The van der Waals surface area contributed by atoms with Crippen LogP contribution >= 0.6 is 0 Å². The molecule has 0 bridgehead atoms. The van der Waals surface area contributed by atoms with E-state index in [2.05, 4.69) is 24.9 Å². The Morgan fingerprint density at radius 1 is 1.33 bits per heavy atom. The van der Waals surface area contributed by atoms with E-state index >= 15 is 0 Å². The van der Waals surface area contributed by atoms with E-state index in [9.17, 15) is 0 Å². The van der Waals surface area contributed by atoms with E-state index in [0.717, 1.165) is 0 Å². The Morgan fingerprint density at radius 3 is 2.17 bits per heavy atom. The van der Waals surface area contributed by atoms with Gasteiger partial charge < -0.3 is 4.98 Å². The molecule has 2 heteroatoms. The van der Waals surface area contributed by atoms with Crippen LogP contribution in [0.5, 0.6) is 0 Å². The van der Waals surface area contributed by atoms with Gasteiger partial charge >= 0.3 is 0 Å². The van der Waals surface area contributed by atoms with Crippen LogP contribution in [0, 0.1) is 6.07 Å². The maximum atomic E-state index is 3.95. The molecule has 1 aromatic rings. The molecule has 0 fully saturated rings. The summed E-state index contributed by atoms with van der Waals surface area (Å²) < 4.78 is 0. The summed E-state index contributed by atoms with van der Waals surface area (Å²) in [5.74, 6) is 0.565. The molecule has 1 aromatic heterocycles. The van der Waals surface area contributed by atoms with Gasteiger partial charge in [-0.25, -0.2) is 12.1 Å². The molecule has 0 saturated carbocycles. The topological polar surface area (TPSA) is 12.9 Å². The first-order valence-corrected chi connectivity index (χ1v) is 4.11. The number of rotatable bonds is 1. The third-order valence-corrected chi connectivity index (χ3v) is 1.29. The van der Waals surface area contributed by atoms with Crippen molar-refractivity contribution in [2.45, 2.75) is 33.6 Å². The van der Waals surface area contributed by atoms with Crippen molar-refractivity contribution in [1.29, 1.82) is 0 Å². The third kappa shape index (κ3) is 4.04. The Morgan fingerprint density at radius 2 is 1.92 bits per heavy atom. The average molecular weight is 417 g/mol. The molecule has 0 spiro atoms. The van der Waals surface area contributed by atoms with Gasteiger partial charge in [0.2, 0.25) is 0 Å². The van der Waals surface area contributed by atoms with Gasteiger partial charge in [-0.3, -0.25) is 0 Å². The zero-order valence-electron chi connectivity index (χ0n) is 8.46. The minimum Gasteiger partial charge on any atom is -0.304 e. The number of pyridine rings is 1. The van der Waals surface area contributed by atoms with Crippen molar-refractivity contribution >= 4 is 0 Å². The average Bonchev–Trinajstić information content (AvgIpc) is 2.10. The van der Waals surface area contributed by atoms with Gasteiger partial charge in [-0.05, 0) is 0 Å². The van der Waals surface area contributed by atoms with Crippen molar-refractivity contribution in [1.82, 2.24) is 4.98 Å². The van der Waals surface area contributed by atoms with E-state index in [1.54, 1.807) is 6.20 Å². The maximum absolute atomic E-state index is 3.95. The second-order valence-electron chi connectivity index (χ2n) is 2.37. The third-order valence-electron chi connectivity index (χ3n) is 1.29. The van der Waals surface area contributed by atoms with Crippen LogP contribution in [0.25, 0.3) is 0 Å². The quantitative estimate of drug-likeness (QED) is 0.641. The summed E-state index contributed by atoms with van der Waals surface area (Å²) in [5, 5.41) is 0. The van der Waals surface area contributed by atoms with E-state index in [1.807, 2.05) is 26.1 Å². The molecule has 0 aliphatic heterocycles. The standard InChI is InChI=1S/C8H10N.C2H6.Rf/c1-7(2)8-4-3-5-9-6-8;1-2;/h4-7H,1-2H3;1-2H3;/q-1;;. The van der Waals surface area contributed by atoms with Gasteiger partial charge in [0.15, 0.2) is 0 Å². The van der Waals surface area contributed by atoms with E-state index in [4.69, 9.17) is 0 Å². The smallest absolute Gasteiger partial charge is 0 e. The van der Waals surface area contributed by atoms with E-state index in [-0.39, 0.29) is 0 Å². The summed E-state index contributed by atoms with van der Waals surface area (Å²) >= 11 is 0. The van der Waals surface area contributed by atoms with Crippen LogP contribution in [0.15, 0.2) is 18.5 Å². The zero-order valence-corrected chi connectivity index (χ0v) is 14.9. The summed E-state index contributed by atoms with van der Waals surface area (Å²) in [6.07, 6.45) is 3.55. The SMILES string of the molecule is CC.CC(C)c1c[c-]cnc1.[Rf]. The predicted octanol–water partition coefficient (Wildman–Crippen LogP) is 3.03. The monoisotopic (exact) mass is 417 g/mol. The molecule has 12 heavy (non-hydrogen) atoms. The maximum Gasteiger partial charge on any atom is 0 e. The Kier molecular flexibility index (Phi) is 7.74. The molecular weight excluding hydrogens is 401 g/mol. The van der Waals surface area contributed by atoms with Crippen LogP contribution in [0.2, 0.25) is 0 Å². The fourth-order valence-electron chi connectivity index (χ4n) is 0.653. The summed E-state index contributed by atoms with van der Waals surface area (Å²) in [4.78, 5) is 3.95. The Bertz CT molecular complexity index is 172. The fourth-order valence-corrected chi connectivity index (χ4v) is 0.653. The molecular formula is C10H16NRf-. The second-order valence-corrected chi connectivity index (χ2v) is 2.37. The molecule has 0 aliphatic rings. The van der Waals surface area contributed by atoms with Crippen molar-refractivity contribution in [3.63, 3.8) is 0 Å². The second kappa shape index (κ2) is 7.26. The van der Waals surface area contributed by atoms with Gasteiger partial charge in [-0.15, -0.1) is 0 Å². The zero-order chi connectivity index (χ0) is 8.69. The van der Waals surface area contributed by atoms with Crippen molar-refractivity contribution < 1.29 is 0 Å². The summed E-state index contributed by atoms with van der Waals surface area (Å²) in [6, 6.07) is 4.90. The summed E-state index contributed by atoms with van der Waals surface area (Å²) in [7, 11) is 0. The summed E-state index contributed by atoms with van der Waals surface area (Å²) in [5.41, 5.74) is 1.25. The van der Waals surface area contributed by atoms with Gasteiger partial charge in [-0.2, -0.15) is 5.56 Å². The van der Waals surface area contributed by atoms with Gasteiger partial charge in [0, 0.05) is 0 Å². The molecule has 0 aliphatic carbocycles. The van der Waals surface area contributed by atoms with Crippen molar-refractivity contribution in [2.75, 3.05) is 0 Å². The number of aromatic nitrogens is 1. The van der Waals surface area contributed by atoms with E-state index in [0.29, 0.717) is 5.92 Å². The van der Waals surface area contributed by atoms with Gasteiger partial charge in [0.1, 0.15) is 0 Å². The molecule has 0 saturated heterocycles. The van der Waals surface area contributed by atoms with Crippen LogP contribution in [-0.2, 0) is 0 Å². The minimum absolute atomic E-state index is 0. The fraction of sp³-hybridized carbons (Fsp3) is 0.500. The number of hydrogen-bond acceptors (Lipinski definition) is 1. The van der Waals surface area contributed by atoms with Crippen LogP contribution in [0.1, 0.15) is 39.2 Å². The van der Waals surface area contributed by atoms with Gasteiger partial charge in [-0.1, -0.05) is 46.0 Å².